The van der Waals surface area contributed by atoms with Gasteiger partial charge in [0, 0.05) is 12.6 Å². The van der Waals surface area contributed by atoms with Gasteiger partial charge in [-0.25, -0.2) is 0 Å². The molecule has 0 heterocycles. The molecule has 21 heavy (non-hydrogen) atoms. The van der Waals surface area contributed by atoms with Crippen LogP contribution < -0.4 is 5.32 Å². The Morgan fingerprint density at radius 2 is 1.76 bits per heavy atom. The number of amides is 1. The van der Waals surface area contributed by atoms with Gasteiger partial charge in [0.2, 0.25) is 5.91 Å². The highest BCUT2D eigenvalue weighted by atomic mass is 16.5. The summed E-state index contributed by atoms with van der Waals surface area (Å²) in [6.45, 7) is 15.8. The number of hydrogen-bond donors (Lipinski definition) is 1. The topological polar surface area (TPSA) is 38.3 Å². The van der Waals surface area contributed by atoms with Crippen LogP contribution in [0, 0.1) is 11.3 Å². The van der Waals surface area contributed by atoms with E-state index in [9.17, 15) is 4.79 Å². The largest absolute Gasteiger partial charge is 0.369 e. The fourth-order valence-corrected chi connectivity index (χ4v) is 2.88. The fraction of sp³-hybridized carbons (Fsp3) is 0.944. The second-order valence-electron chi connectivity index (χ2n) is 7.01. The molecule has 0 spiro atoms. The molecule has 0 saturated heterocycles. The molecule has 0 aromatic heterocycles. The molecule has 0 fully saturated rings. The predicted octanol–water partition coefficient (Wildman–Crippen LogP) is 4.55. The molecule has 0 aliphatic carbocycles. The SMILES string of the molecule is CCCOC(C)C(=O)NC(C)CC(C)(CC)CC(C)CC. The van der Waals surface area contributed by atoms with Gasteiger partial charge in [-0.05, 0) is 44.4 Å². The summed E-state index contributed by atoms with van der Waals surface area (Å²) in [6, 6.07) is 0.194. The van der Waals surface area contributed by atoms with E-state index in [-0.39, 0.29) is 18.1 Å². The molecular weight excluding hydrogens is 262 g/mol. The number of hydrogen-bond acceptors (Lipinski definition) is 2. The number of ether oxygens (including phenoxy) is 1. The molecule has 3 heteroatoms. The van der Waals surface area contributed by atoms with Gasteiger partial charge >= 0.3 is 0 Å². The van der Waals surface area contributed by atoms with Crippen molar-refractivity contribution in [1.29, 1.82) is 0 Å². The van der Waals surface area contributed by atoms with Crippen molar-refractivity contribution in [3.8, 4) is 0 Å². The third kappa shape index (κ3) is 8.45. The molecule has 1 N–H and O–H groups in total. The van der Waals surface area contributed by atoms with Crippen LogP contribution in [0.15, 0.2) is 0 Å². The van der Waals surface area contributed by atoms with E-state index in [1.165, 1.54) is 12.8 Å². The van der Waals surface area contributed by atoms with Crippen molar-refractivity contribution in [2.45, 2.75) is 92.7 Å². The lowest BCUT2D eigenvalue weighted by atomic mass is 9.74. The quantitative estimate of drug-likeness (QED) is 0.608. The molecule has 4 unspecified atom stereocenters. The van der Waals surface area contributed by atoms with E-state index in [1.807, 2.05) is 6.92 Å². The fourth-order valence-electron chi connectivity index (χ4n) is 2.88. The number of rotatable bonds is 11. The Kier molecular flexibility index (Phi) is 9.93. The monoisotopic (exact) mass is 299 g/mol. The van der Waals surface area contributed by atoms with Crippen molar-refractivity contribution < 1.29 is 9.53 Å². The first kappa shape index (κ1) is 20.4. The summed E-state index contributed by atoms with van der Waals surface area (Å²) in [4.78, 5) is 12.1. The third-order valence-electron chi connectivity index (χ3n) is 4.52. The van der Waals surface area contributed by atoms with Crippen LogP contribution >= 0.6 is 0 Å². The van der Waals surface area contributed by atoms with Crippen LogP contribution in [0.3, 0.4) is 0 Å². The van der Waals surface area contributed by atoms with Gasteiger partial charge in [0.15, 0.2) is 0 Å². The molecule has 0 aliphatic rings. The Morgan fingerprint density at radius 3 is 2.24 bits per heavy atom. The van der Waals surface area contributed by atoms with E-state index in [0.29, 0.717) is 12.0 Å². The van der Waals surface area contributed by atoms with E-state index in [4.69, 9.17) is 4.74 Å². The van der Waals surface area contributed by atoms with Crippen molar-refractivity contribution in [1.82, 2.24) is 5.32 Å². The van der Waals surface area contributed by atoms with E-state index in [2.05, 4.69) is 46.9 Å². The van der Waals surface area contributed by atoms with Gasteiger partial charge in [-0.2, -0.15) is 0 Å². The molecule has 1 amide bonds. The van der Waals surface area contributed by atoms with Crippen molar-refractivity contribution in [2.24, 2.45) is 11.3 Å². The Hall–Kier alpha value is -0.570. The van der Waals surface area contributed by atoms with E-state index in [0.717, 1.165) is 25.2 Å². The molecule has 0 saturated carbocycles. The summed E-state index contributed by atoms with van der Waals surface area (Å²) in [7, 11) is 0. The summed E-state index contributed by atoms with van der Waals surface area (Å²) < 4.78 is 5.48. The highest BCUT2D eigenvalue weighted by Crippen LogP contribution is 2.35. The Bertz CT molecular complexity index is 293. The lowest BCUT2D eigenvalue weighted by molar-refractivity contribution is -0.132. The molecule has 4 atom stereocenters. The summed E-state index contributed by atoms with van der Waals surface area (Å²) >= 11 is 0. The number of nitrogens with one attached hydrogen (secondary N) is 1. The standard InChI is InChI=1S/C18H37NO2/c1-8-11-21-16(6)17(20)19-15(5)13-18(7,10-3)12-14(4)9-2/h14-16H,8-13H2,1-7H3,(H,19,20). The first-order valence-electron chi connectivity index (χ1n) is 8.69. The average molecular weight is 299 g/mol. The second kappa shape index (κ2) is 10.2. The molecule has 0 bridgehead atoms. The van der Waals surface area contributed by atoms with Crippen LogP contribution in [-0.2, 0) is 9.53 Å². The number of carbonyl (C=O) groups excluding carboxylic acids is 1. The van der Waals surface area contributed by atoms with Gasteiger partial charge in [0.05, 0.1) is 0 Å². The maximum atomic E-state index is 12.1. The molecule has 126 valence electrons. The van der Waals surface area contributed by atoms with Crippen LogP contribution in [0.4, 0.5) is 0 Å². The molecule has 0 radical (unpaired) electrons. The second-order valence-corrected chi connectivity index (χ2v) is 7.01. The molecule has 0 aromatic carbocycles. The van der Waals surface area contributed by atoms with Gasteiger partial charge in [0.25, 0.3) is 0 Å². The zero-order chi connectivity index (χ0) is 16.5. The van der Waals surface area contributed by atoms with E-state index < -0.39 is 0 Å². The first-order valence-corrected chi connectivity index (χ1v) is 8.69. The highest BCUT2D eigenvalue weighted by molar-refractivity contribution is 5.80. The van der Waals surface area contributed by atoms with Crippen LogP contribution in [0.25, 0.3) is 0 Å². The normalized spacial score (nSPS) is 18.6. The Labute approximate surface area is 132 Å². The van der Waals surface area contributed by atoms with E-state index >= 15 is 0 Å². The van der Waals surface area contributed by atoms with Crippen molar-refractivity contribution in [3.05, 3.63) is 0 Å². The first-order chi connectivity index (χ1) is 9.77. The van der Waals surface area contributed by atoms with Crippen LogP contribution in [0.1, 0.15) is 80.6 Å². The summed E-state index contributed by atoms with van der Waals surface area (Å²) in [5.41, 5.74) is 0.301. The minimum Gasteiger partial charge on any atom is -0.369 e. The minimum atomic E-state index is -0.352. The third-order valence-corrected chi connectivity index (χ3v) is 4.52. The molecule has 0 aromatic rings. The van der Waals surface area contributed by atoms with Crippen molar-refractivity contribution in [3.63, 3.8) is 0 Å². The van der Waals surface area contributed by atoms with Gasteiger partial charge < -0.3 is 10.1 Å². The zero-order valence-electron chi connectivity index (χ0n) is 15.3. The van der Waals surface area contributed by atoms with E-state index in [1.54, 1.807) is 0 Å². The Morgan fingerprint density at radius 1 is 1.14 bits per heavy atom. The predicted molar refractivity (Wildman–Crippen MR) is 90.4 cm³/mol. The van der Waals surface area contributed by atoms with Crippen LogP contribution in [0.2, 0.25) is 0 Å². The maximum Gasteiger partial charge on any atom is 0.249 e. The summed E-state index contributed by atoms with van der Waals surface area (Å²) in [5, 5.41) is 3.11. The van der Waals surface area contributed by atoms with Gasteiger partial charge in [-0.15, -0.1) is 0 Å². The van der Waals surface area contributed by atoms with Crippen LogP contribution in [0.5, 0.6) is 0 Å². The minimum absolute atomic E-state index is 0.0120. The maximum absolute atomic E-state index is 12.1. The molecule has 3 nitrogen and oxygen atoms in total. The van der Waals surface area contributed by atoms with Gasteiger partial charge in [-0.1, -0.05) is 47.5 Å². The lowest BCUT2D eigenvalue weighted by Crippen LogP contribution is -2.42. The summed E-state index contributed by atoms with van der Waals surface area (Å²) in [6.07, 6.45) is 5.21. The van der Waals surface area contributed by atoms with Gasteiger partial charge in [0.1, 0.15) is 6.10 Å². The zero-order valence-corrected chi connectivity index (χ0v) is 15.3. The summed E-state index contributed by atoms with van der Waals surface area (Å²) in [5.74, 6) is 0.752. The lowest BCUT2D eigenvalue weighted by Gasteiger charge is -2.34. The van der Waals surface area contributed by atoms with Crippen molar-refractivity contribution >= 4 is 5.91 Å². The van der Waals surface area contributed by atoms with Gasteiger partial charge in [-0.3, -0.25) is 4.79 Å². The van der Waals surface area contributed by atoms with Crippen LogP contribution in [-0.4, -0.2) is 24.7 Å². The number of carbonyl (C=O) groups is 1. The molecule has 0 rings (SSSR count). The molecule has 0 aliphatic heterocycles. The Balaban J connectivity index is 4.37. The molecular formula is C18H37NO2. The van der Waals surface area contributed by atoms with Crippen molar-refractivity contribution in [2.75, 3.05) is 6.61 Å². The highest BCUT2D eigenvalue weighted by Gasteiger charge is 2.27. The average Bonchev–Trinajstić information content (AvgIpc) is 2.43. The smallest absolute Gasteiger partial charge is 0.249 e.